The normalized spacial score (nSPS) is 11.8. The predicted molar refractivity (Wildman–Crippen MR) is 115 cm³/mol. The number of nitrogens with zero attached hydrogens (tertiary/aromatic N) is 1. The van der Waals surface area contributed by atoms with Crippen LogP contribution in [0.15, 0.2) is 84.9 Å². The molecule has 4 heteroatoms. The van der Waals surface area contributed by atoms with Crippen molar-refractivity contribution in [2.45, 2.75) is 0 Å². The van der Waals surface area contributed by atoms with Crippen LogP contribution in [-0.2, 0) is 0 Å². The van der Waals surface area contributed by atoms with Crippen molar-refractivity contribution < 1.29 is 9.68 Å². The molecule has 0 aliphatic rings. The minimum absolute atomic E-state index is 0.628. The van der Waals surface area contributed by atoms with Gasteiger partial charge in [0.1, 0.15) is 5.75 Å². The molecule has 0 spiro atoms. The van der Waals surface area contributed by atoms with Gasteiger partial charge in [-0.15, -0.1) is 0 Å². The van der Waals surface area contributed by atoms with Gasteiger partial charge in [0, 0.05) is 27.1 Å². The minimum atomic E-state index is 0.628. The van der Waals surface area contributed by atoms with E-state index in [0.717, 1.165) is 18.8 Å². The molecule has 6 aromatic rings. The third-order valence-corrected chi connectivity index (χ3v) is 5.60. The van der Waals surface area contributed by atoms with E-state index in [4.69, 9.17) is 9.68 Å². The fourth-order valence-corrected chi connectivity index (χ4v) is 4.46. The Hall–Kier alpha value is -3.50. The van der Waals surface area contributed by atoms with Crippen LogP contribution in [0.3, 0.4) is 0 Å². The van der Waals surface area contributed by atoms with Crippen LogP contribution in [0.4, 0.5) is 0 Å². The van der Waals surface area contributed by atoms with Crippen molar-refractivity contribution in [2.24, 2.45) is 0 Å². The summed E-state index contributed by atoms with van der Waals surface area (Å²) in [4.78, 5) is 0. The highest BCUT2D eigenvalue weighted by Crippen LogP contribution is 2.40. The third kappa shape index (κ3) is 1.98. The van der Waals surface area contributed by atoms with Gasteiger partial charge in [0.05, 0.1) is 16.6 Å². The molecule has 0 aliphatic carbocycles. The van der Waals surface area contributed by atoms with E-state index in [1.165, 1.54) is 38.1 Å². The monoisotopic (exact) mass is 360 g/mol. The Morgan fingerprint density at radius 1 is 0.679 bits per heavy atom. The average Bonchev–Trinajstić information content (AvgIpc) is 3.26. The summed E-state index contributed by atoms with van der Waals surface area (Å²) in [6.07, 6.45) is 0. The Morgan fingerprint density at radius 2 is 1.39 bits per heavy atom. The molecule has 0 unspecified atom stereocenters. The van der Waals surface area contributed by atoms with Crippen molar-refractivity contribution in [2.75, 3.05) is 0 Å². The standard InChI is InChI=1S/C24H15BNO2/c27-25-28-23-11-4-2-6-16(23)15-12-13-18-20-9-5-8-19-17-7-1-3-10-21(17)26(24(19)20)22(18)14-15/h1-14,27H. The van der Waals surface area contributed by atoms with Crippen LogP contribution in [0.1, 0.15) is 0 Å². The minimum Gasteiger partial charge on any atom is -0.537 e. The first-order chi connectivity index (χ1) is 13.9. The van der Waals surface area contributed by atoms with Crippen LogP contribution >= 0.6 is 0 Å². The quantitative estimate of drug-likeness (QED) is 0.428. The number of aromatic nitrogens is 1. The molecular weight excluding hydrogens is 345 g/mol. The molecule has 2 aromatic heterocycles. The van der Waals surface area contributed by atoms with Gasteiger partial charge in [-0.1, -0.05) is 66.7 Å². The Kier molecular flexibility index (Phi) is 3.19. The van der Waals surface area contributed by atoms with Crippen LogP contribution in [0.5, 0.6) is 5.75 Å². The van der Waals surface area contributed by atoms with Gasteiger partial charge in [-0.3, -0.25) is 0 Å². The van der Waals surface area contributed by atoms with E-state index in [1.807, 2.05) is 24.3 Å². The molecule has 1 N–H and O–H groups in total. The van der Waals surface area contributed by atoms with E-state index in [0.29, 0.717) is 5.75 Å². The van der Waals surface area contributed by atoms with Gasteiger partial charge in [-0.05, 0) is 23.8 Å². The summed E-state index contributed by atoms with van der Waals surface area (Å²) in [6, 6.07) is 29.3. The first kappa shape index (κ1) is 15.6. The summed E-state index contributed by atoms with van der Waals surface area (Å²) in [7, 11) is 0.727. The lowest BCUT2D eigenvalue weighted by molar-refractivity contribution is 0.455. The summed E-state index contributed by atoms with van der Waals surface area (Å²) in [6.45, 7) is 0. The van der Waals surface area contributed by atoms with Crippen LogP contribution in [0.2, 0.25) is 0 Å². The Labute approximate surface area is 162 Å². The molecule has 0 aliphatic heterocycles. The van der Waals surface area contributed by atoms with Crippen molar-refractivity contribution in [3.05, 3.63) is 84.9 Å². The van der Waals surface area contributed by atoms with Gasteiger partial charge in [0.15, 0.2) is 0 Å². The van der Waals surface area contributed by atoms with Crippen LogP contribution < -0.4 is 4.65 Å². The predicted octanol–water partition coefficient (Wildman–Crippen LogP) is 5.41. The van der Waals surface area contributed by atoms with E-state index in [-0.39, 0.29) is 0 Å². The average molecular weight is 360 g/mol. The van der Waals surface area contributed by atoms with Crippen molar-refractivity contribution in [1.82, 2.24) is 4.40 Å². The van der Waals surface area contributed by atoms with Crippen molar-refractivity contribution in [3.63, 3.8) is 0 Å². The van der Waals surface area contributed by atoms with Gasteiger partial charge in [0.2, 0.25) is 0 Å². The van der Waals surface area contributed by atoms with Crippen molar-refractivity contribution in [1.29, 1.82) is 0 Å². The van der Waals surface area contributed by atoms with Crippen LogP contribution in [-0.4, -0.2) is 17.1 Å². The Balaban J connectivity index is 1.75. The van der Waals surface area contributed by atoms with E-state index in [1.54, 1.807) is 0 Å². The topological polar surface area (TPSA) is 33.9 Å². The Bertz CT molecular complexity index is 1480. The third-order valence-electron chi connectivity index (χ3n) is 5.60. The molecule has 0 saturated carbocycles. The molecular formula is C24H15BNO2. The van der Waals surface area contributed by atoms with Gasteiger partial charge >= 0.3 is 7.69 Å². The molecule has 28 heavy (non-hydrogen) atoms. The Morgan fingerprint density at radius 3 is 2.25 bits per heavy atom. The maximum absolute atomic E-state index is 9.11. The first-order valence-corrected chi connectivity index (χ1v) is 9.26. The highest BCUT2D eigenvalue weighted by Gasteiger charge is 2.17. The number of para-hydroxylation sites is 3. The van der Waals surface area contributed by atoms with E-state index >= 15 is 0 Å². The molecule has 0 atom stereocenters. The second-order valence-electron chi connectivity index (χ2n) is 7.01. The lowest BCUT2D eigenvalue weighted by Gasteiger charge is -2.10. The molecule has 2 heterocycles. The highest BCUT2D eigenvalue weighted by molar-refractivity contribution is 6.23. The molecule has 0 bridgehead atoms. The molecule has 0 saturated heterocycles. The fourth-order valence-electron chi connectivity index (χ4n) is 4.46. The van der Waals surface area contributed by atoms with E-state index in [9.17, 15) is 0 Å². The zero-order valence-electron chi connectivity index (χ0n) is 15.0. The summed E-state index contributed by atoms with van der Waals surface area (Å²) >= 11 is 0. The van der Waals surface area contributed by atoms with E-state index < -0.39 is 0 Å². The number of rotatable bonds is 3. The summed E-state index contributed by atoms with van der Waals surface area (Å²) in [5, 5.41) is 14.2. The SMILES string of the molecule is O[B]Oc1ccccc1-c1ccc2c3cccc4c5ccccc5n(c2c1)c43. The smallest absolute Gasteiger partial charge is 0.537 e. The first-order valence-electron chi connectivity index (χ1n) is 9.26. The van der Waals surface area contributed by atoms with Crippen molar-refractivity contribution >= 4 is 45.8 Å². The molecule has 3 nitrogen and oxygen atoms in total. The number of hydrogen-bond acceptors (Lipinski definition) is 2. The summed E-state index contributed by atoms with van der Waals surface area (Å²) in [5.74, 6) is 0.628. The zero-order chi connectivity index (χ0) is 18.7. The largest absolute Gasteiger partial charge is 0.569 e. The van der Waals surface area contributed by atoms with E-state index in [2.05, 4.69) is 65.1 Å². The van der Waals surface area contributed by atoms with Crippen LogP contribution in [0.25, 0.3) is 49.2 Å². The molecule has 0 fully saturated rings. The van der Waals surface area contributed by atoms with Gasteiger partial charge < -0.3 is 14.1 Å². The summed E-state index contributed by atoms with van der Waals surface area (Å²) < 4.78 is 7.67. The number of hydrogen-bond donors (Lipinski definition) is 1. The lowest BCUT2D eigenvalue weighted by atomic mass is 10.0. The fraction of sp³-hybridized carbons (Fsp3) is 0. The molecule has 6 rings (SSSR count). The molecule has 131 valence electrons. The highest BCUT2D eigenvalue weighted by atomic mass is 16.5. The number of fused-ring (bicyclic) bond motifs is 6. The van der Waals surface area contributed by atoms with Crippen molar-refractivity contribution in [3.8, 4) is 16.9 Å². The van der Waals surface area contributed by atoms with Gasteiger partial charge in [-0.25, -0.2) is 0 Å². The number of benzene rings is 4. The maximum Gasteiger partial charge on any atom is 0.569 e. The lowest BCUT2D eigenvalue weighted by Crippen LogP contribution is -2.01. The maximum atomic E-state index is 9.11. The molecule has 4 aromatic carbocycles. The van der Waals surface area contributed by atoms with Crippen LogP contribution in [0, 0.1) is 0 Å². The molecule has 1 radical (unpaired) electrons. The zero-order valence-corrected chi connectivity index (χ0v) is 15.0. The van der Waals surface area contributed by atoms with Gasteiger partial charge in [-0.2, -0.15) is 0 Å². The second-order valence-corrected chi connectivity index (χ2v) is 7.01. The second kappa shape index (κ2) is 5.75. The summed E-state index contributed by atoms with van der Waals surface area (Å²) in [5.41, 5.74) is 5.65. The molecule has 0 amide bonds. The van der Waals surface area contributed by atoms with Gasteiger partial charge in [0.25, 0.3) is 0 Å².